The van der Waals surface area contributed by atoms with Crippen LogP contribution in [0.3, 0.4) is 0 Å². The van der Waals surface area contributed by atoms with Gasteiger partial charge in [0.1, 0.15) is 11.9 Å². The third-order valence-corrected chi connectivity index (χ3v) is 4.39. The number of rotatable bonds is 5. The molecule has 0 aliphatic carbocycles. The van der Waals surface area contributed by atoms with Gasteiger partial charge < -0.3 is 10.2 Å². The highest BCUT2D eigenvalue weighted by Gasteiger charge is 2.28. The lowest BCUT2D eigenvalue weighted by Crippen LogP contribution is -2.49. The molecule has 0 bridgehead atoms. The van der Waals surface area contributed by atoms with Gasteiger partial charge in [-0.15, -0.1) is 0 Å². The summed E-state index contributed by atoms with van der Waals surface area (Å²) in [6.07, 6.45) is 2.39. The summed E-state index contributed by atoms with van der Waals surface area (Å²) >= 11 is 0. The lowest BCUT2D eigenvalue weighted by molar-refractivity contribution is -0.132. The minimum atomic E-state index is -0.656. The summed E-state index contributed by atoms with van der Waals surface area (Å²) in [5.41, 5.74) is 1.19. The molecule has 5 heteroatoms. The molecule has 0 saturated carbocycles. The number of nitrogens with one attached hydrogen (secondary N) is 1. The highest BCUT2D eigenvalue weighted by molar-refractivity contribution is 5.97. The van der Waals surface area contributed by atoms with Crippen LogP contribution in [0, 0.1) is 5.82 Å². The monoisotopic (exact) mass is 340 g/mol. The smallest absolute Gasteiger partial charge is 0.252 e. The molecule has 0 unspecified atom stereocenters. The maximum Gasteiger partial charge on any atom is 0.252 e. The van der Waals surface area contributed by atoms with Crippen molar-refractivity contribution in [2.45, 2.75) is 25.3 Å². The van der Waals surface area contributed by atoms with Crippen molar-refractivity contribution in [3.8, 4) is 0 Å². The molecule has 3 rings (SSSR count). The minimum Gasteiger partial charge on any atom is -0.341 e. The Labute approximate surface area is 146 Å². The summed E-state index contributed by atoms with van der Waals surface area (Å²) in [6, 6.07) is 14.4. The number of carbonyl (C=O) groups excluding carboxylic acids is 2. The van der Waals surface area contributed by atoms with E-state index in [-0.39, 0.29) is 11.5 Å². The van der Waals surface area contributed by atoms with Gasteiger partial charge in [0.25, 0.3) is 5.91 Å². The summed E-state index contributed by atoms with van der Waals surface area (Å²) in [4.78, 5) is 27.1. The second-order valence-corrected chi connectivity index (χ2v) is 6.26. The van der Waals surface area contributed by atoms with Gasteiger partial charge in [0, 0.05) is 25.1 Å². The first-order valence-electron chi connectivity index (χ1n) is 8.52. The Hall–Kier alpha value is -2.69. The number of likely N-dealkylation sites (tertiary alicyclic amines) is 1. The lowest BCUT2D eigenvalue weighted by Gasteiger charge is -2.24. The molecule has 130 valence electrons. The summed E-state index contributed by atoms with van der Waals surface area (Å²) in [5.74, 6) is -0.989. The van der Waals surface area contributed by atoms with Crippen LogP contribution in [0.1, 0.15) is 28.8 Å². The summed E-state index contributed by atoms with van der Waals surface area (Å²) in [6.45, 7) is 1.44. The first-order valence-corrected chi connectivity index (χ1v) is 8.52. The first kappa shape index (κ1) is 17.1. The predicted molar refractivity (Wildman–Crippen MR) is 93.6 cm³/mol. The third-order valence-electron chi connectivity index (χ3n) is 4.39. The van der Waals surface area contributed by atoms with Crippen molar-refractivity contribution >= 4 is 11.8 Å². The molecule has 1 heterocycles. The number of hydrogen-bond donors (Lipinski definition) is 1. The number of benzene rings is 2. The fourth-order valence-corrected chi connectivity index (χ4v) is 3.08. The van der Waals surface area contributed by atoms with Gasteiger partial charge in [-0.2, -0.15) is 0 Å². The van der Waals surface area contributed by atoms with Crippen molar-refractivity contribution in [2.24, 2.45) is 0 Å². The summed E-state index contributed by atoms with van der Waals surface area (Å²) < 4.78 is 13.4. The Kier molecular flexibility index (Phi) is 5.43. The first-order chi connectivity index (χ1) is 12.1. The molecule has 2 amide bonds. The van der Waals surface area contributed by atoms with E-state index in [1.807, 2.05) is 30.3 Å². The number of hydrogen-bond acceptors (Lipinski definition) is 2. The van der Waals surface area contributed by atoms with Crippen molar-refractivity contribution in [3.05, 3.63) is 71.5 Å². The number of halogens is 1. The highest BCUT2D eigenvalue weighted by atomic mass is 19.1. The molecule has 2 aromatic carbocycles. The minimum absolute atomic E-state index is 0.0777. The Bertz CT molecular complexity index is 742. The molecular weight excluding hydrogens is 319 g/mol. The zero-order chi connectivity index (χ0) is 17.6. The second-order valence-electron chi connectivity index (χ2n) is 6.26. The van der Waals surface area contributed by atoms with Crippen molar-refractivity contribution in [3.63, 3.8) is 0 Å². The van der Waals surface area contributed by atoms with Crippen LogP contribution in [-0.4, -0.2) is 35.8 Å². The van der Waals surface area contributed by atoms with Gasteiger partial charge in [-0.05, 0) is 36.6 Å². The Morgan fingerprint density at radius 3 is 2.44 bits per heavy atom. The molecule has 1 aliphatic rings. The van der Waals surface area contributed by atoms with Crippen LogP contribution in [0.2, 0.25) is 0 Å². The zero-order valence-corrected chi connectivity index (χ0v) is 14.0. The molecule has 25 heavy (non-hydrogen) atoms. The normalized spacial score (nSPS) is 15.0. The van der Waals surface area contributed by atoms with Crippen LogP contribution in [-0.2, 0) is 11.2 Å². The van der Waals surface area contributed by atoms with Crippen LogP contribution >= 0.6 is 0 Å². The molecule has 1 fully saturated rings. The second kappa shape index (κ2) is 7.92. The van der Waals surface area contributed by atoms with Gasteiger partial charge in [-0.1, -0.05) is 36.4 Å². The molecular formula is C20H21FN2O2. The fourth-order valence-electron chi connectivity index (χ4n) is 3.08. The topological polar surface area (TPSA) is 49.4 Å². The molecule has 1 aliphatic heterocycles. The fraction of sp³-hybridized carbons (Fsp3) is 0.300. The number of nitrogens with zero attached hydrogens (tertiary/aromatic N) is 1. The van der Waals surface area contributed by atoms with E-state index in [1.165, 1.54) is 18.2 Å². The molecule has 0 radical (unpaired) electrons. The van der Waals surface area contributed by atoms with Gasteiger partial charge in [-0.25, -0.2) is 4.39 Å². The van der Waals surface area contributed by atoms with E-state index in [1.54, 1.807) is 11.0 Å². The van der Waals surface area contributed by atoms with Crippen molar-refractivity contribution in [2.75, 3.05) is 13.1 Å². The van der Waals surface area contributed by atoms with Crippen molar-refractivity contribution < 1.29 is 14.0 Å². The Morgan fingerprint density at radius 1 is 1.04 bits per heavy atom. The van der Waals surface area contributed by atoms with E-state index in [4.69, 9.17) is 0 Å². The number of carbonyl (C=O) groups is 2. The molecule has 1 N–H and O–H groups in total. The summed E-state index contributed by atoms with van der Waals surface area (Å²) in [5, 5.41) is 2.79. The van der Waals surface area contributed by atoms with E-state index >= 15 is 0 Å². The quantitative estimate of drug-likeness (QED) is 0.910. The molecule has 2 aromatic rings. The largest absolute Gasteiger partial charge is 0.341 e. The van der Waals surface area contributed by atoms with Gasteiger partial charge in [0.15, 0.2) is 0 Å². The maximum atomic E-state index is 13.4. The van der Waals surface area contributed by atoms with Gasteiger partial charge in [0.2, 0.25) is 5.91 Å². The SMILES string of the molecule is O=C(N[C@H](Cc1ccccc1)C(=O)N1CCCC1)c1cccc(F)c1. The van der Waals surface area contributed by atoms with E-state index in [0.717, 1.165) is 31.5 Å². The van der Waals surface area contributed by atoms with Crippen LogP contribution < -0.4 is 5.32 Å². The average molecular weight is 340 g/mol. The Balaban J connectivity index is 1.77. The van der Waals surface area contributed by atoms with Gasteiger partial charge in [-0.3, -0.25) is 9.59 Å². The molecule has 0 aromatic heterocycles. The van der Waals surface area contributed by atoms with Crippen LogP contribution in [0.15, 0.2) is 54.6 Å². The van der Waals surface area contributed by atoms with Gasteiger partial charge >= 0.3 is 0 Å². The average Bonchev–Trinajstić information content (AvgIpc) is 3.16. The lowest BCUT2D eigenvalue weighted by atomic mass is 10.0. The number of amides is 2. The highest BCUT2D eigenvalue weighted by Crippen LogP contribution is 2.13. The Morgan fingerprint density at radius 2 is 1.76 bits per heavy atom. The molecule has 0 spiro atoms. The zero-order valence-electron chi connectivity index (χ0n) is 14.0. The van der Waals surface area contributed by atoms with E-state index in [0.29, 0.717) is 6.42 Å². The van der Waals surface area contributed by atoms with Crippen molar-refractivity contribution in [1.82, 2.24) is 10.2 Å². The van der Waals surface area contributed by atoms with E-state index < -0.39 is 17.8 Å². The van der Waals surface area contributed by atoms with Crippen LogP contribution in [0.5, 0.6) is 0 Å². The van der Waals surface area contributed by atoms with Crippen molar-refractivity contribution in [1.29, 1.82) is 0 Å². The molecule has 1 saturated heterocycles. The van der Waals surface area contributed by atoms with E-state index in [2.05, 4.69) is 5.32 Å². The van der Waals surface area contributed by atoms with E-state index in [9.17, 15) is 14.0 Å². The van der Waals surface area contributed by atoms with Crippen LogP contribution in [0.25, 0.3) is 0 Å². The molecule has 1 atom stereocenters. The molecule has 4 nitrogen and oxygen atoms in total. The third kappa shape index (κ3) is 4.44. The maximum absolute atomic E-state index is 13.4. The van der Waals surface area contributed by atoms with Crippen LogP contribution in [0.4, 0.5) is 4.39 Å². The summed E-state index contributed by atoms with van der Waals surface area (Å²) in [7, 11) is 0. The standard InChI is InChI=1S/C20H21FN2O2/c21-17-10-6-9-16(14-17)19(24)22-18(13-15-7-2-1-3-8-15)20(25)23-11-4-5-12-23/h1-3,6-10,14,18H,4-5,11-13H2,(H,22,24)/t18-/m1/s1. The predicted octanol–water partition coefficient (Wildman–Crippen LogP) is 2.79. The van der Waals surface area contributed by atoms with Gasteiger partial charge in [0.05, 0.1) is 0 Å².